The Labute approximate surface area is 110 Å². The highest BCUT2D eigenvalue weighted by Crippen LogP contribution is 2.33. The second-order valence-corrected chi connectivity index (χ2v) is 5.89. The topological polar surface area (TPSA) is 35.5 Å². The van der Waals surface area contributed by atoms with Crippen molar-refractivity contribution in [2.75, 3.05) is 24.6 Å². The number of hydrogen-bond donors (Lipinski definition) is 2. The van der Waals surface area contributed by atoms with Gasteiger partial charge in [-0.05, 0) is 38.8 Å². The number of nitrogens with zero attached hydrogens (tertiary/aromatic N) is 1. The average molecular weight is 248 g/mol. The number of aryl methyl sites for hydroxylation is 2. The van der Waals surface area contributed by atoms with E-state index in [2.05, 4.69) is 56.1 Å². The summed E-state index contributed by atoms with van der Waals surface area (Å²) in [5.74, 6) is 0. The molecule has 1 aromatic carbocycles. The second kappa shape index (κ2) is 4.90. The van der Waals surface area contributed by atoms with Gasteiger partial charge in [0.1, 0.15) is 0 Å². The molecule has 0 spiro atoms. The highest BCUT2D eigenvalue weighted by Gasteiger charge is 2.37. The summed E-state index contributed by atoms with van der Waals surface area (Å²) < 4.78 is 0. The van der Waals surface area contributed by atoms with Crippen LogP contribution in [-0.4, -0.2) is 36.4 Å². The maximum absolute atomic E-state index is 9.66. The van der Waals surface area contributed by atoms with Gasteiger partial charge in [0.15, 0.2) is 0 Å². The molecule has 3 heteroatoms. The molecule has 18 heavy (non-hydrogen) atoms. The van der Waals surface area contributed by atoms with Crippen LogP contribution >= 0.6 is 0 Å². The zero-order valence-corrected chi connectivity index (χ0v) is 11.8. The van der Waals surface area contributed by atoms with Crippen molar-refractivity contribution in [2.24, 2.45) is 0 Å². The van der Waals surface area contributed by atoms with Gasteiger partial charge in [-0.25, -0.2) is 0 Å². The highest BCUT2D eigenvalue weighted by atomic mass is 16.3. The molecule has 1 aromatic rings. The molecule has 2 N–H and O–H groups in total. The number of hydrogen-bond acceptors (Lipinski definition) is 3. The number of piperazine rings is 1. The molecule has 0 radical (unpaired) electrons. The summed E-state index contributed by atoms with van der Waals surface area (Å²) in [5.41, 5.74) is 3.86. The molecule has 1 aliphatic heterocycles. The molecule has 100 valence electrons. The number of aliphatic hydroxyl groups is 1. The summed E-state index contributed by atoms with van der Waals surface area (Å²) >= 11 is 0. The van der Waals surface area contributed by atoms with Crippen molar-refractivity contribution in [1.29, 1.82) is 0 Å². The predicted molar refractivity (Wildman–Crippen MR) is 76.2 cm³/mol. The smallest absolute Gasteiger partial charge is 0.0651 e. The van der Waals surface area contributed by atoms with Gasteiger partial charge in [0.25, 0.3) is 0 Å². The highest BCUT2D eigenvalue weighted by molar-refractivity contribution is 5.61. The van der Waals surface area contributed by atoms with Crippen molar-refractivity contribution in [1.82, 2.24) is 5.32 Å². The van der Waals surface area contributed by atoms with Crippen LogP contribution < -0.4 is 10.2 Å². The van der Waals surface area contributed by atoms with E-state index in [0.29, 0.717) is 0 Å². The Morgan fingerprint density at radius 3 is 2.50 bits per heavy atom. The van der Waals surface area contributed by atoms with Crippen molar-refractivity contribution in [3.05, 3.63) is 29.3 Å². The maximum Gasteiger partial charge on any atom is 0.0651 e. The number of nitrogens with one attached hydrogen (secondary N) is 1. The van der Waals surface area contributed by atoms with Crippen LogP contribution in [0.1, 0.15) is 25.0 Å². The van der Waals surface area contributed by atoms with Gasteiger partial charge in [0.05, 0.1) is 12.6 Å². The third kappa shape index (κ3) is 2.25. The summed E-state index contributed by atoms with van der Waals surface area (Å²) in [6.07, 6.45) is 0. The van der Waals surface area contributed by atoms with E-state index >= 15 is 0 Å². The van der Waals surface area contributed by atoms with E-state index in [9.17, 15) is 5.11 Å². The van der Waals surface area contributed by atoms with Crippen LogP contribution in [0.2, 0.25) is 0 Å². The SMILES string of the molecule is Cc1cccc(C)c1N1C(CO)CNCC1(C)C. The summed E-state index contributed by atoms with van der Waals surface area (Å²) in [6.45, 7) is 10.7. The molecule has 1 unspecified atom stereocenters. The molecule has 1 atom stereocenters. The Bertz CT molecular complexity index is 408. The van der Waals surface area contributed by atoms with Gasteiger partial charge in [-0.3, -0.25) is 0 Å². The van der Waals surface area contributed by atoms with Gasteiger partial charge >= 0.3 is 0 Å². The van der Waals surface area contributed by atoms with Crippen LogP contribution in [0, 0.1) is 13.8 Å². The molecule has 0 amide bonds. The fraction of sp³-hybridized carbons (Fsp3) is 0.600. The Kier molecular flexibility index (Phi) is 3.64. The first-order chi connectivity index (χ1) is 8.47. The molecule has 0 aromatic heterocycles. The Morgan fingerprint density at radius 1 is 1.33 bits per heavy atom. The predicted octanol–water partition coefficient (Wildman–Crippen LogP) is 1.85. The van der Waals surface area contributed by atoms with Gasteiger partial charge in [-0.15, -0.1) is 0 Å². The summed E-state index contributed by atoms with van der Waals surface area (Å²) in [7, 11) is 0. The number of anilines is 1. The molecular formula is C15H24N2O. The lowest BCUT2D eigenvalue weighted by Crippen LogP contribution is -2.64. The first-order valence-corrected chi connectivity index (χ1v) is 6.64. The first kappa shape index (κ1) is 13.4. The zero-order chi connectivity index (χ0) is 13.3. The quantitative estimate of drug-likeness (QED) is 0.838. The van der Waals surface area contributed by atoms with Crippen LogP contribution in [0.15, 0.2) is 18.2 Å². The molecule has 2 rings (SSSR count). The fourth-order valence-corrected chi connectivity index (χ4v) is 3.03. The van der Waals surface area contributed by atoms with Crippen LogP contribution in [0.5, 0.6) is 0 Å². The molecule has 0 bridgehead atoms. The van der Waals surface area contributed by atoms with E-state index in [1.54, 1.807) is 0 Å². The second-order valence-electron chi connectivity index (χ2n) is 5.89. The molecule has 1 heterocycles. The normalized spacial score (nSPS) is 23.2. The largest absolute Gasteiger partial charge is 0.394 e. The van der Waals surface area contributed by atoms with E-state index in [1.807, 2.05) is 0 Å². The third-order valence-electron chi connectivity index (χ3n) is 3.85. The number of aliphatic hydroxyl groups excluding tert-OH is 1. The lowest BCUT2D eigenvalue weighted by Gasteiger charge is -2.50. The van der Waals surface area contributed by atoms with E-state index in [1.165, 1.54) is 16.8 Å². The molecule has 0 saturated carbocycles. The minimum atomic E-state index is 0.0164. The van der Waals surface area contributed by atoms with Crippen LogP contribution in [-0.2, 0) is 0 Å². The van der Waals surface area contributed by atoms with Gasteiger partial charge in [-0.1, -0.05) is 18.2 Å². The molecule has 1 aliphatic rings. The number of benzene rings is 1. The third-order valence-corrected chi connectivity index (χ3v) is 3.85. The standard InChI is InChI=1S/C15H24N2O/c1-11-6-5-7-12(2)14(11)17-13(9-18)8-16-10-15(17,3)4/h5-7,13,16,18H,8-10H2,1-4H3. The van der Waals surface area contributed by atoms with Crippen molar-refractivity contribution in [3.63, 3.8) is 0 Å². The van der Waals surface area contributed by atoms with Crippen molar-refractivity contribution >= 4 is 5.69 Å². The molecule has 0 aliphatic carbocycles. The van der Waals surface area contributed by atoms with Crippen molar-refractivity contribution < 1.29 is 5.11 Å². The monoisotopic (exact) mass is 248 g/mol. The van der Waals surface area contributed by atoms with Gasteiger partial charge in [0.2, 0.25) is 0 Å². The van der Waals surface area contributed by atoms with Crippen molar-refractivity contribution in [3.8, 4) is 0 Å². The van der Waals surface area contributed by atoms with Gasteiger partial charge in [-0.2, -0.15) is 0 Å². The number of para-hydroxylation sites is 1. The Morgan fingerprint density at radius 2 is 1.94 bits per heavy atom. The summed E-state index contributed by atoms with van der Waals surface area (Å²) in [5, 5.41) is 13.1. The lowest BCUT2D eigenvalue weighted by atomic mass is 9.93. The van der Waals surface area contributed by atoms with Crippen LogP contribution in [0.3, 0.4) is 0 Å². The minimum absolute atomic E-state index is 0.0164. The van der Waals surface area contributed by atoms with E-state index in [0.717, 1.165) is 13.1 Å². The summed E-state index contributed by atoms with van der Waals surface area (Å²) in [4.78, 5) is 2.40. The average Bonchev–Trinajstić information content (AvgIpc) is 2.30. The van der Waals surface area contributed by atoms with Crippen molar-refractivity contribution in [2.45, 2.75) is 39.3 Å². The fourth-order valence-electron chi connectivity index (χ4n) is 3.03. The lowest BCUT2D eigenvalue weighted by molar-refractivity contribution is 0.212. The molecule has 1 saturated heterocycles. The molecule has 3 nitrogen and oxygen atoms in total. The first-order valence-electron chi connectivity index (χ1n) is 6.64. The van der Waals surface area contributed by atoms with Gasteiger partial charge in [0, 0.05) is 24.3 Å². The molecule has 1 fully saturated rings. The van der Waals surface area contributed by atoms with E-state index in [-0.39, 0.29) is 18.2 Å². The van der Waals surface area contributed by atoms with E-state index in [4.69, 9.17) is 0 Å². The van der Waals surface area contributed by atoms with Crippen LogP contribution in [0.4, 0.5) is 5.69 Å². The number of rotatable bonds is 2. The minimum Gasteiger partial charge on any atom is -0.394 e. The Hall–Kier alpha value is -1.06. The Balaban J connectivity index is 2.50. The van der Waals surface area contributed by atoms with Gasteiger partial charge < -0.3 is 15.3 Å². The zero-order valence-electron chi connectivity index (χ0n) is 11.8. The summed E-state index contributed by atoms with van der Waals surface area (Å²) in [6, 6.07) is 6.54. The van der Waals surface area contributed by atoms with Crippen LogP contribution in [0.25, 0.3) is 0 Å². The van der Waals surface area contributed by atoms with E-state index < -0.39 is 0 Å². The maximum atomic E-state index is 9.66. The molecular weight excluding hydrogens is 224 g/mol.